The molecule has 19 heavy (non-hydrogen) atoms. The van der Waals surface area contributed by atoms with Crippen molar-refractivity contribution in [1.82, 2.24) is 0 Å². The second-order valence-electron chi connectivity index (χ2n) is 4.02. The molecule has 0 unspecified atom stereocenters. The van der Waals surface area contributed by atoms with Crippen LogP contribution in [-0.2, 0) is 0 Å². The molecule has 0 atom stereocenters. The first-order valence-electron chi connectivity index (χ1n) is 5.94. The van der Waals surface area contributed by atoms with Gasteiger partial charge in [0.05, 0.1) is 11.4 Å². The second kappa shape index (κ2) is 5.61. The lowest BCUT2D eigenvalue weighted by Gasteiger charge is -2.25. The fraction of sp³-hybridized carbons (Fsp3) is 0.133. The molecule has 2 nitrogen and oxygen atoms in total. The first-order chi connectivity index (χ1) is 9.17. The number of hydrogen-bond acceptors (Lipinski definition) is 2. The Kier molecular flexibility index (Phi) is 3.90. The number of hydrogen-bond donors (Lipinski definition) is 0. The fourth-order valence-electron chi connectivity index (χ4n) is 2.01. The van der Waals surface area contributed by atoms with Crippen LogP contribution in [0.5, 0.6) is 0 Å². The highest BCUT2D eigenvalue weighted by Crippen LogP contribution is 2.30. The highest BCUT2D eigenvalue weighted by Gasteiger charge is 2.15. The molecule has 0 aliphatic carbocycles. The maximum Gasteiger partial charge on any atom is 0.152 e. The Labute approximate surface area is 110 Å². The van der Waals surface area contributed by atoms with Crippen molar-refractivity contribution in [3.05, 3.63) is 59.7 Å². The van der Waals surface area contributed by atoms with Crippen molar-refractivity contribution in [1.29, 1.82) is 0 Å². The third-order valence-corrected chi connectivity index (χ3v) is 2.87. The van der Waals surface area contributed by atoms with Crippen LogP contribution in [-0.4, -0.2) is 12.8 Å². The number of para-hydroxylation sites is 1. The Bertz CT molecular complexity index is 598. The van der Waals surface area contributed by atoms with Gasteiger partial charge in [-0.15, -0.1) is 0 Å². The van der Waals surface area contributed by atoms with Crippen LogP contribution in [0.2, 0.25) is 0 Å². The van der Waals surface area contributed by atoms with E-state index in [1.807, 2.05) is 6.92 Å². The number of benzene rings is 2. The van der Waals surface area contributed by atoms with Crippen LogP contribution >= 0.6 is 0 Å². The molecule has 2 aromatic rings. The Morgan fingerprint density at radius 1 is 1.11 bits per heavy atom. The molecule has 0 fully saturated rings. The van der Waals surface area contributed by atoms with E-state index in [1.54, 1.807) is 23.1 Å². The Hall–Kier alpha value is -2.23. The van der Waals surface area contributed by atoms with Crippen LogP contribution in [0.15, 0.2) is 42.5 Å². The van der Waals surface area contributed by atoms with E-state index in [-0.39, 0.29) is 11.4 Å². The van der Waals surface area contributed by atoms with E-state index in [0.29, 0.717) is 24.2 Å². The molecule has 0 aliphatic rings. The van der Waals surface area contributed by atoms with Gasteiger partial charge in [-0.1, -0.05) is 12.1 Å². The minimum Gasteiger partial charge on any atom is -0.339 e. The predicted octanol–water partition coefficient (Wildman–Crippen LogP) is 3.94. The third-order valence-electron chi connectivity index (χ3n) is 2.87. The third kappa shape index (κ3) is 2.62. The maximum atomic E-state index is 13.8. The van der Waals surface area contributed by atoms with E-state index in [2.05, 4.69) is 0 Å². The van der Waals surface area contributed by atoms with Gasteiger partial charge in [0.2, 0.25) is 0 Å². The average molecular weight is 261 g/mol. The lowest BCUT2D eigenvalue weighted by Crippen LogP contribution is -2.19. The van der Waals surface area contributed by atoms with E-state index in [4.69, 9.17) is 0 Å². The standard InChI is InChI=1S/C15H13F2NO/c1-2-18(15-6-4-3-5-13(15)17)14-8-7-12(16)9-11(14)10-19/h3-10H,2H2,1H3. The van der Waals surface area contributed by atoms with Crippen molar-refractivity contribution in [2.75, 3.05) is 11.4 Å². The molecule has 0 aromatic heterocycles. The van der Waals surface area contributed by atoms with Crippen LogP contribution in [0.1, 0.15) is 17.3 Å². The lowest BCUT2D eigenvalue weighted by molar-refractivity contribution is 0.112. The van der Waals surface area contributed by atoms with Crippen molar-refractivity contribution in [2.45, 2.75) is 6.92 Å². The molecule has 0 bridgehead atoms. The summed E-state index contributed by atoms with van der Waals surface area (Å²) in [6.45, 7) is 2.30. The monoisotopic (exact) mass is 261 g/mol. The summed E-state index contributed by atoms with van der Waals surface area (Å²) in [6, 6.07) is 10.2. The van der Waals surface area contributed by atoms with Crippen LogP contribution < -0.4 is 4.90 Å². The van der Waals surface area contributed by atoms with Crippen molar-refractivity contribution in [3.8, 4) is 0 Å². The maximum absolute atomic E-state index is 13.8. The topological polar surface area (TPSA) is 20.3 Å². The van der Waals surface area contributed by atoms with Gasteiger partial charge in [-0.25, -0.2) is 8.78 Å². The number of nitrogens with zero attached hydrogens (tertiary/aromatic N) is 1. The molecule has 0 aliphatic heterocycles. The number of halogens is 2. The number of carbonyl (C=O) groups is 1. The molecule has 2 aromatic carbocycles. The molecule has 0 spiro atoms. The van der Waals surface area contributed by atoms with Gasteiger partial charge in [-0.2, -0.15) is 0 Å². The molecular formula is C15H13F2NO. The van der Waals surface area contributed by atoms with Crippen LogP contribution in [0.4, 0.5) is 20.2 Å². The van der Waals surface area contributed by atoms with Gasteiger partial charge >= 0.3 is 0 Å². The molecule has 2 rings (SSSR count). The van der Waals surface area contributed by atoms with Gasteiger partial charge in [-0.05, 0) is 37.3 Å². The quantitative estimate of drug-likeness (QED) is 0.777. The Morgan fingerprint density at radius 2 is 1.84 bits per heavy atom. The summed E-state index contributed by atoms with van der Waals surface area (Å²) in [4.78, 5) is 12.7. The van der Waals surface area contributed by atoms with E-state index < -0.39 is 5.82 Å². The van der Waals surface area contributed by atoms with Gasteiger partial charge < -0.3 is 4.90 Å². The molecule has 0 N–H and O–H groups in total. The number of carbonyl (C=O) groups excluding carboxylic acids is 1. The molecule has 0 saturated carbocycles. The number of anilines is 2. The summed E-state index contributed by atoms with van der Waals surface area (Å²) in [5, 5.41) is 0. The first kappa shape index (κ1) is 13.2. The zero-order valence-corrected chi connectivity index (χ0v) is 10.4. The number of rotatable bonds is 4. The Morgan fingerprint density at radius 3 is 2.47 bits per heavy atom. The molecular weight excluding hydrogens is 248 g/mol. The van der Waals surface area contributed by atoms with Gasteiger partial charge in [0.15, 0.2) is 6.29 Å². The average Bonchev–Trinajstić information content (AvgIpc) is 2.43. The van der Waals surface area contributed by atoms with Gasteiger partial charge in [-0.3, -0.25) is 4.79 Å². The van der Waals surface area contributed by atoms with Gasteiger partial charge in [0, 0.05) is 12.1 Å². The predicted molar refractivity (Wildman–Crippen MR) is 70.9 cm³/mol. The summed E-state index contributed by atoms with van der Waals surface area (Å²) >= 11 is 0. The van der Waals surface area contributed by atoms with Crippen molar-refractivity contribution < 1.29 is 13.6 Å². The molecule has 0 amide bonds. The normalized spacial score (nSPS) is 10.3. The summed E-state index contributed by atoms with van der Waals surface area (Å²) < 4.78 is 27.0. The fourth-order valence-corrected chi connectivity index (χ4v) is 2.01. The zero-order chi connectivity index (χ0) is 13.8. The van der Waals surface area contributed by atoms with E-state index in [1.165, 1.54) is 18.2 Å². The van der Waals surface area contributed by atoms with E-state index >= 15 is 0 Å². The van der Waals surface area contributed by atoms with Crippen LogP contribution in [0.3, 0.4) is 0 Å². The molecule has 0 saturated heterocycles. The molecule has 4 heteroatoms. The highest BCUT2D eigenvalue weighted by atomic mass is 19.1. The lowest BCUT2D eigenvalue weighted by atomic mass is 10.1. The summed E-state index contributed by atoms with van der Waals surface area (Å²) in [5.74, 6) is -0.874. The molecule has 0 heterocycles. The zero-order valence-electron chi connectivity index (χ0n) is 10.4. The molecule has 98 valence electrons. The van der Waals surface area contributed by atoms with Crippen molar-refractivity contribution in [2.24, 2.45) is 0 Å². The van der Waals surface area contributed by atoms with E-state index in [0.717, 1.165) is 6.07 Å². The molecule has 0 radical (unpaired) electrons. The van der Waals surface area contributed by atoms with Gasteiger partial charge in [0.25, 0.3) is 0 Å². The summed E-state index contributed by atoms with van der Waals surface area (Å²) in [7, 11) is 0. The minimum absolute atomic E-state index is 0.199. The Balaban J connectivity index is 2.54. The minimum atomic E-state index is -0.490. The van der Waals surface area contributed by atoms with Gasteiger partial charge in [0.1, 0.15) is 11.6 Å². The van der Waals surface area contributed by atoms with Crippen molar-refractivity contribution in [3.63, 3.8) is 0 Å². The smallest absolute Gasteiger partial charge is 0.152 e. The highest BCUT2D eigenvalue weighted by molar-refractivity contribution is 5.86. The van der Waals surface area contributed by atoms with Crippen LogP contribution in [0, 0.1) is 11.6 Å². The van der Waals surface area contributed by atoms with Crippen molar-refractivity contribution >= 4 is 17.7 Å². The summed E-state index contributed by atoms with van der Waals surface area (Å²) in [6.07, 6.45) is 0.571. The van der Waals surface area contributed by atoms with E-state index in [9.17, 15) is 13.6 Å². The first-order valence-corrected chi connectivity index (χ1v) is 5.94. The summed E-state index contributed by atoms with van der Waals surface area (Å²) in [5.41, 5.74) is 1.05. The largest absolute Gasteiger partial charge is 0.339 e. The number of aldehydes is 1. The SMILES string of the molecule is CCN(c1ccccc1F)c1ccc(F)cc1C=O. The van der Waals surface area contributed by atoms with Crippen LogP contribution in [0.25, 0.3) is 0 Å². The second-order valence-corrected chi connectivity index (χ2v) is 4.02.